The van der Waals surface area contributed by atoms with Crippen molar-refractivity contribution in [1.29, 1.82) is 0 Å². The number of halogens is 1. The van der Waals surface area contributed by atoms with Crippen molar-refractivity contribution in [3.63, 3.8) is 0 Å². The Balaban J connectivity index is 1.58. The van der Waals surface area contributed by atoms with Gasteiger partial charge in [0.1, 0.15) is 18.1 Å². The lowest BCUT2D eigenvalue weighted by molar-refractivity contribution is -0.116. The number of aromatic nitrogens is 3. The van der Waals surface area contributed by atoms with Gasteiger partial charge < -0.3 is 15.8 Å². The van der Waals surface area contributed by atoms with Crippen molar-refractivity contribution in [2.75, 3.05) is 5.32 Å². The average Bonchev–Trinajstić information content (AvgIpc) is 3.52. The fourth-order valence-corrected chi connectivity index (χ4v) is 3.77. The molecule has 2 amide bonds. The van der Waals surface area contributed by atoms with Crippen molar-refractivity contribution in [3.8, 4) is 28.1 Å². The molecule has 1 aliphatic rings. The van der Waals surface area contributed by atoms with Gasteiger partial charge in [0, 0.05) is 40.8 Å². The highest BCUT2D eigenvalue weighted by Gasteiger charge is 2.28. The van der Waals surface area contributed by atoms with Gasteiger partial charge in [0.25, 0.3) is 0 Å². The van der Waals surface area contributed by atoms with Crippen molar-refractivity contribution in [3.05, 3.63) is 84.6 Å². The van der Waals surface area contributed by atoms with E-state index in [2.05, 4.69) is 15.4 Å². The Morgan fingerprint density at radius 3 is 2.60 bits per heavy atom. The molecule has 2 aromatic heterocycles. The van der Waals surface area contributed by atoms with E-state index in [1.807, 2.05) is 0 Å². The van der Waals surface area contributed by atoms with Crippen LogP contribution in [0, 0.1) is 5.82 Å². The van der Waals surface area contributed by atoms with Crippen LogP contribution in [0.1, 0.15) is 23.2 Å². The number of anilines is 1. The third kappa shape index (κ3) is 4.89. The summed E-state index contributed by atoms with van der Waals surface area (Å²) in [5.41, 5.74) is 7.91. The molecule has 35 heavy (non-hydrogen) atoms. The van der Waals surface area contributed by atoms with Gasteiger partial charge >= 0.3 is 0 Å². The van der Waals surface area contributed by atoms with Gasteiger partial charge in [-0.25, -0.2) is 4.39 Å². The SMILES string of the molecule is NC(=O)c1ccc(OC2CC2)c(NC(=O)Cn2cccn2)c1-c1ccc(-c2ccccc2F)nc1. The number of nitrogens with two attached hydrogens (primary N) is 1. The fraction of sp³-hybridized carbons (Fsp3) is 0.154. The zero-order valence-electron chi connectivity index (χ0n) is 18.6. The molecule has 0 radical (unpaired) electrons. The summed E-state index contributed by atoms with van der Waals surface area (Å²) in [5.74, 6) is -0.983. The highest BCUT2D eigenvalue weighted by atomic mass is 19.1. The second kappa shape index (κ2) is 9.38. The molecule has 1 fully saturated rings. The molecule has 0 spiro atoms. The summed E-state index contributed by atoms with van der Waals surface area (Å²) < 4.78 is 21.8. The summed E-state index contributed by atoms with van der Waals surface area (Å²) in [6.45, 7) is -0.0272. The third-order valence-corrected chi connectivity index (χ3v) is 5.58. The Labute approximate surface area is 200 Å². The van der Waals surface area contributed by atoms with E-state index in [4.69, 9.17) is 10.5 Å². The molecule has 0 unspecified atom stereocenters. The predicted octanol–water partition coefficient (Wildman–Crippen LogP) is 4.03. The van der Waals surface area contributed by atoms with E-state index >= 15 is 0 Å². The van der Waals surface area contributed by atoms with Crippen LogP contribution >= 0.6 is 0 Å². The Hall–Kier alpha value is -4.53. The molecular formula is C26H22FN5O3. The van der Waals surface area contributed by atoms with E-state index in [0.29, 0.717) is 33.8 Å². The molecule has 0 bridgehead atoms. The molecular weight excluding hydrogens is 449 g/mol. The van der Waals surface area contributed by atoms with Crippen LogP contribution in [0.5, 0.6) is 5.75 Å². The molecule has 2 aromatic carbocycles. The summed E-state index contributed by atoms with van der Waals surface area (Å²) in [6.07, 6.45) is 6.64. The summed E-state index contributed by atoms with van der Waals surface area (Å²) in [6, 6.07) is 14.6. The first-order valence-corrected chi connectivity index (χ1v) is 11.1. The van der Waals surface area contributed by atoms with Gasteiger partial charge in [-0.3, -0.25) is 19.3 Å². The zero-order valence-corrected chi connectivity index (χ0v) is 18.6. The van der Waals surface area contributed by atoms with Crippen LogP contribution in [0.4, 0.5) is 10.1 Å². The smallest absolute Gasteiger partial charge is 0.249 e. The number of amides is 2. The number of hydrogen-bond acceptors (Lipinski definition) is 5. The molecule has 2 heterocycles. The lowest BCUT2D eigenvalue weighted by Crippen LogP contribution is -2.21. The van der Waals surface area contributed by atoms with Crippen molar-refractivity contribution in [1.82, 2.24) is 14.8 Å². The number of hydrogen-bond donors (Lipinski definition) is 2. The van der Waals surface area contributed by atoms with E-state index in [0.717, 1.165) is 12.8 Å². The number of benzene rings is 2. The van der Waals surface area contributed by atoms with E-state index < -0.39 is 11.7 Å². The molecule has 5 rings (SSSR count). The highest BCUT2D eigenvalue weighted by molar-refractivity contribution is 6.07. The van der Waals surface area contributed by atoms with Gasteiger partial charge in [-0.05, 0) is 49.2 Å². The average molecular weight is 471 g/mol. The normalized spacial score (nSPS) is 12.8. The highest BCUT2D eigenvalue weighted by Crippen LogP contribution is 2.41. The summed E-state index contributed by atoms with van der Waals surface area (Å²) in [4.78, 5) is 29.6. The van der Waals surface area contributed by atoms with E-state index in [-0.39, 0.29) is 24.1 Å². The van der Waals surface area contributed by atoms with Crippen molar-refractivity contribution in [2.24, 2.45) is 5.73 Å². The van der Waals surface area contributed by atoms with Crippen LogP contribution in [0.2, 0.25) is 0 Å². The molecule has 8 nitrogen and oxygen atoms in total. The molecule has 9 heteroatoms. The van der Waals surface area contributed by atoms with Crippen LogP contribution in [-0.2, 0) is 11.3 Å². The standard InChI is InChI=1S/C26H22FN5O3/c27-20-5-2-1-4-18(20)21-10-6-16(14-29-21)24-19(26(28)34)9-11-22(35-17-7-8-17)25(24)31-23(33)15-32-13-3-12-30-32/h1-6,9-14,17H,7-8,15H2,(H2,28,34)(H,31,33). The lowest BCUT2D eigenvalue weighted by atomic mass is 9.96. The number of carbonyl (C=O) groups excluding carboxylic acids is 2. The van der Waals surface area contributed by atoms with Crippen LogP contribution in [0.25, 0.3) is 22.4 Å². The molecule has 176 valence electrons. The number of primary amides is 1. The molecule has 1 saturated carbocycles. The van der Waals surface area contributed by atoms with Gasteiger partial charge in [-0.2, -0.15) is 5.10 Å². The summed E-state index contributed by atoms with van der Waals surface area (Å²) in [5, 5.41) is 6.94. The molecule has 0 aliphatic heterocycles. The minimum atomic E-state index is -0.668. The van der Waals surface area contributed by atoms with Gasteiger partial charge in [-0.1, -0.05) is 18.2 Å². The molecule has 4 aromatic rings. The number of ether oxygens (including phenoxy) is 1. The lowest BCUT2D eigenvalue weighted by Gasteiger charge is -2.19. The summed E-state index contributed by atoms with van der Waals surface area (Å²) >= 11 is 0. The first-order chi connectivity index (χ1) is 17.0. The van der Waals surface area contributed by atoms with Crippen molar-refractivity contribution < 1.29 is 18.7 Å². The Morgan fingerprint density at radius 2 is 1.94 bits per heavy atom. The van der Waals surface area contributed by atoms with Gasteiger partial charge in [0.2, 0.25) is 11.8 Å². The van der Waals surface area contributed by atoms with E-state index in [9.17, 15) is 14.0 Å². The van der Waals surface area contributed by atoms with Crippen LogP contribution in [-0.4, -0.2) is 32.7 Å². The maximum Gasteiger partial charge on any atom is 0.249 e. The van der Waals surface area contributed by atoms with Gasteiger partial charge in [0.05, 0.1) is 17.5 Å². The summed E-state index contributed by atoms with van der Waals surface area (Å²) in [7, 11) is 0. The number of rotatable bonds is 8. The first kappa shape index (κ1) is 22.3. The van der Waals surface area contributed by atoms with Crippen molar-refractivity contribution >= 4 is 17.5 Å². The minimum Gasteiger partial charge on any atom is -0.488 e. The quantitative estimate of drug-likeness (QED) is 0.403. The first-order valence-electron chi connectivity index (χ1n) is 11.1. The Kier molecular flexibility index (Phi) is 5.97. The van der Waals surface area contributed by atoms with Gasteiger partial charge in [0.15, 0.2) is 0 Å². The topological polar surface area (TPSA) is 112 Å². The number of nitrogens with zero attached hydrogens (tertiary/aromatic N) is 3. The predicted molar refractivity (Wildman–Crippen MR) is 128 cm³/mol. The monoisotopic (exact) mass is 471 g/mol. The second-order valence-corrected chi connectivity index (χ2v) is 8.21. The Morgan fingerprint density at radius 1 is 1.11 bits per heavy atom. The number of carbonyl (C=O) groups is 2. The molecule has 1 aliphatic carbocycles. The van der Waals surface area contributed by atoms with Gasteiger partial charge in [-0.15, -0.1) is 0 Å². The van der Waals surface area contributed by atoms with Crippen LogP contribution in [0.3, 0.4) is 0 Å². The number of pyridine rings is 1. The second-order valence-electron chi connectivity index (χ2n) is 8.21. The maximum absolute atomic E-state index is 14.2. The van der Waals surface area contributed by atoms with E-state index in [1.54, 1.807) is 60.9 Å². The van der Waals surface area contributed by atoms with Crippen LogP contribution in [0.15, 0.2) is 73.2 Å². The maximum atomic E-state index is 14.2. The number of nitrogens with one attached hydrogen (secondary N) is 1. The zero-order chi connectivity index (χ0) is 24.4. The van der Waals surface area contributed by atoms with Crippen LogP contribution < -0.4 is 15.8 Å². The fourth-order valence-electron chi connectivity index (χ4n) is 3.77. The molecule has 0 saturated heterocycles. The molecule has 0 atom stereocenters. The van der Waals surface area contributed by atoms with E-state index in [1.165, 1.54) is 16.9 Å². The third-order valence-electron chi connectivity index (χ3n) is 5.58. The minimum absolute atomic E-state index is 0.0272. The van der Waals surface area contributed by atoms with Crippen molar-refractivity contribution in [2.45, 2.75) is 25.5 Å². The Bertz CT molecular complexity index is 1380. The molecule has 3 N–H and O–H groups in total. The largest absolute Gasteiger partial charge is 0.488 e.